The second kappa shape index (κ2) is 5.66. The second-order valence-electron chi connectivity index (χ2n) is 5.25. The number of nitrogens with zero attached hydrogens (tertiary/aromatic N) is 1. The van der Waals surface area contributed by atoms with Crippen LogP contribution in [0.2, 0.25) is 0 Å². The number of hydrogen-bond acceptors (Lipinski definition) is 5. The van der Waals surface area contributed by atoms with Crippen molar-refractivity contribution in [1.82, 2.24) is 0 Å². The first-order valence-electron chi connectivity index (χ1n) is 6.49. The van der Waals surface area contributed by atoms with Crippen molar-refractivity contribution in [2.45, 2.75) is 18.9 Å². The summed E-state index contributed by atoms with van der Waals surface area (Å²) in [5, 5.41) is 9.27. The van der Waals surface area contributed by atoms with Gasteiger partial charge in [-0.05, 0) is 30.9 Å². The van der Waals surface area contributed by atoms with Crippen molar-refractivity contribution < 1.29 is 19.0 Å². The van der Waals surface area contributed by atoms with Crippen molar-refractivity contribution in [2.24, 2.45) is 5.92 Å². The topological polar surface area (TPSA) is 75.8 Å². The summed E-state index contributed by atoms with van der Waals surface area (Å²) < 4.78 is 18.6. The minimum atomic E-state index is -0.587. The van der Waals surface area contributed by atoms with E-state index in [1.807, 2.05) is 0 Å². The smallest absolute Gasteiger partial charge is 0.340 e. The predicted molar refractivity (Wildman–Crippen MR) is 74.2 cm³/mol. The molecule has 0 bridgehead atoms. The van der Waals surface area contributed by atoms with Crippen LogP contribution in [0.1, 0.15) is 23.2 Å². The summed E-state index contributed by atoms with van der Waals surface area (Å²) in [6.45, 7) is 0.624. The number of aliphatic hydroxyl groups excluding tert-OH is 1. The molecule has 0 aromatic heterocycles. The monoisotopic (exact) mass is 282 g/mol. The molecule has 1 aromatic rings. The molecule has 0 aliphatic heterocycles. The van der Waals surface area contributed by atoms with E-state index in [1.54, 1.807) is 11.9 Å². The zero-order valence-corrected chi connectivity index (χ0v) is 11.6. The number of anilines is 2. The van der Waals surface area contributed by atoms with Gasteiger partial charge in [0, 0.05) is 19.3 Å². The van der Waals surface area contributed by atoms with Crippen LogP contribution < -0.4 is 10.6 Å². The first-order chi connectivity index (χ1) is 9.42. The largest absolute Gasteiger partial charge is 0.465 e. The van der Waals surface area contributed by atoms with Gasteiger partial charge in [0.25, 0.3) is 0 Å². The van der Waals surface area contributed by atoms with Crippen LogP contribution in [0.3, 0.4) is 0 Å². The van der Waals surface area contributed by atoms with Gasteiger partial charge in [0.1, 0.15) is 5.82 Å². The van der Waals surface area contributed by atoms with E-state index < -0.39 is 11.8 Å². The number of ether oxygens (including phenoxy) is 1. The van der Waals surface area contributed by atoms with E-state index in [-0.39, 0.29) is 17.4 Å². The van der Waals surface area contributed by atoms with E-state index in [0.717, 1.165) is 18.9 Å². The molecule has 0 unspecified atom stereocenters. The highest BCUT2D eigenvalue weighted by molar-refractivity contribution is 5.96. The van der Waals surface area contributed by atoms with Crippen LogP contribution in [-0.2, 0) is 4.74 Å². The molecule has 2 rings (SSSR count). The number of rotatable bonds is 4. The Labute approximate surface area is 117 Å². The summed E-state index contributed by atoms with van der Waals surface area (Å²) in [5.41, 5.74) is 6.16. The summed E-state index contributed by atoms with van der Waals surface area (Å²) >= 11 is 0. The van der Waals surface area contributed by atoms with Gasteiger partial charge in [0.15, 0.2) is 0 Å². The minimum Gasteiger partial charge on any atom is -0.465 e. The highest BCUT2D eigenvalue weighted by atomic mass is 19.1. The Balaban J connectivity index is 2.19. The van der Waals surface area contributed by atoms with Crippen molar-refractivity contribution in [3.8, 4) is 0 Å². The molecule has 6 heteroatoms. The van der Waals surface area contributed by atoms with E-state index >= 15 is 0 Å². The zero-order chi connectivity index (χ0) is 14.9. The van der Waals surface area contributed by atoms with Crippen LogP contribution in [-0.4, -0.2) is 37.9 Å². The highest BCUT2D eigenvalue weighted by Gasteiger charge is 2.29. The molecule has 110 valence electrons. The molecule has 1 aliphatic rings. The molecule has 1 saturated carbocycles. The van der Waals surface area contributed by atoms with Crippen LogP contribution in [0, 0.1) is 11.7 Å². The van der Waals surface area contributed by atoms with Crippen molar-refractivity contribution in [2.75, 3.05) is 31.3 Å². The highest BCUT2D eigenvalue weighted by Crippen LogP contribution is 2.31. The molecule has 1 aromatic carbocycles. The maximum Gasteiger partial charge on any atom is 0.340 e. The first-order valence-corrected chi connectivity index (χ1v) is 6.49. The molecule has 20 heavy (non-hydrogen) atoms. The fourth-order valence-corrected chi connectivity index (χ4v) is 2.49. The number of nitrogens with two attached hydrogens (primary N) is 1. The maximum atomic E-state index is 14.0. The van der Waals surface area contributed by atoms with Crippen LogP contribution in [0.5, 0.6) is 0 Å². The molecule has 5 nitrogen and oxygen atoms in total. The van der Waals surface area contributed by atoms with Crippen molar-refractivity contribution in [3.05, 3.63) is 23.5 Å². The molecular weight excluding hydrogens is 263 g/mol. The molecule has 0 atom stereocenters. The van der Waals surface area contributed by atoms with E-state index in [0.29, 0.717) is 18.2 Å². The summed E-state index contributed by atoms with van der Waals surface area (Å²) in [6, 6.07) is 2.54. The van der Waals surface area contributed by atoms with Gasteiger partial charge in [-0.3, -0.25) is 0 Å². The Morgan fingerprint density at radius 1 is 1.55 bits per heavy atom. The second-order valence-corrected chi connectivity index (χ2v) is 5.25. The van der Waals surface area contributed by atoms with Gasteiger partial charge in [-0.15, -0.1) is 0 Å². The van der Waals surface area contributed by atoms with Gasteiger partial charge in [0.05, 0.1) is 24.5 Å². The van der Waals surface area contributed by atoms with Gasteiger partial charge in [-0.25, -0.2) is 9.18 Å². The summed E-state index contributed by atoms with van der Waals surface area (Å²) in [7, 11) is 3.00. The van der Waals surface area contributed by atoms with E-state index in [9.17, 15) is 14.3 Å². The third kappa shape index (κ3) is 2.85. The Kier molecular flexibility index (Phi) is 4.13. The van der Waals surface area contributed by atoms with Crippen LogP contribution >= 0.6 is 0 Å². The normalized spacial score (nSPS) is 21.2. The summed E-state index contributed by atoms with van der Waals surface area (Å²) in [5.74, 6) is -0.720. The average molecular weight is 282 g/mol. The molecule has 0 amide bonds. The van der Waals surface area contributed by atoms with Gasteiger partial charge < -0.3 is 20.5 Å². The first kappa shape index (κ1) is 14.6. The number of aliphatic hydroxyl groups is 1. The molecule has 3 N–H and O–H groups in total. The molecule has 0 spiro atoms. The molecule has 1 fully saturated rings. The third-order valence-electron chi connectivity index (χ3n) is 3.68. The number of carbonyl (C=O) groups excluding carboxylic acids is 1. The number of carbonyl (C=O) groups is 1. The quantitative estimate of drug-likeness (QED) is 0.645. The lowest BCUT2D eigenvalue weighted by Gasteiger charge is -2.35. The molecule has 0 saturated heterocycles. The van der Waals surface area contributed by atoms with Crippen LogP contribution in [0.15, 0.2) is 12.1 Å². The average Bonchev–Trinajstić information content (AvgIpc) is 2.36. The lowest BCUT2D eigenvalue weighted by atomic mass is 9.82. The van der Waals surface area contributed by atoms with Crippen LogP contribution in [0.25, 0.3) is 0 Å². The van der Waals surface area contributed by atoms with Gasteiger partial charge in [-0.1, -0.05) is 0 Å². The number of hydrogen-bond donors (Lipinski definition) is 2. The maximum absolute atomic E-state index is 14.0. The zero-order valence-electron chi connectivity index (χ0n) is 11.6. The Hall–Kier alpha value is -1.82. The fraction of sp³-hybridized carbons (Fsp3) is 0.500. The van der Waals surface area contributed by atoms with Gasteiger partial charge in [0.2, 0.25) is 0 Å². The fourth-order valence-electron chi connectivity index (χ4n) is 2.49. The Bertz CT molecular complexity index is 515. The van der Waals surface area contributed by atoms with Gasteiger partial charge in [-0.2, -0.15) is 0 Å². The van der Waals surface area contributed by atoms with Crippen molar-refractivity contribution in [1.29, 1.82) is 0 Å². The van der Waals surface area contributed by atoms with Crippen molar-refractivity contribution in [3.63, 3.8) is 0 Å². The molecular formula is C14H19FN2O3. The number of nitrogen functional groups attached to an aromatic ring is 1. The van der Waals surface area contributed by atoms with Crippen molar-refractivity contribution >= 4 is 17.3 Å². The lowest BCUT2D eigenvalue weighted by Crippen LogP contribution is -2.37. The molecule has 1 aliphatic carbocycles. The standard InChI is InChI=1S/C14H19FN2O3/c1-17(7-8-3-9(18)4-8)13-5-10(14(19)20-2)12(16)6-11(13)15/h5-6,8-9,18H,3-4,7,16H2,1-2H3. The molecule has 0 heterocycles. The predicted octanol–water partition coefficient (Wildman–Crippen LogP) is 1.40. The number of esters is 1. The third-order valence-corrected chi connectivity index (χ3v) is 3.68. The van der Waals surface area contributed by atoms with Gasteiger partial charge >= 0.3 is 5.97 Å². The Morgan fingerprint density at radius 2 is 2.20 bits per heavy atom. The minimum absolute atomic E-state index is 0.0607. The van der Waals surface area contributed by atoms with E-state index in [4.69, 9.17) is 5.73 Å². The number of halogens is 1. The van der Waals surface area contributed by atoms with E-state index in [2.05, 4.69) is 4.74 Å². The number of benzene rings is 1. The Morgan fingerprint density at radius 3 is 2.75 bits per heavy atom. The van der Waals surface area contributed by atoms with Crippen LogP contribution in [0.4, 0.5) is 15.8 Å². The SMILES string of the molecule is COC(=O)c1cc(N(C)CC2CC(O)C2)c(F)cc1N. The van der Waals surface area contributed by atoms with E-state index in [1.165, 1.54) is 13.2 Å². The lowest BCUT2D eigenvalue weighted by molar-refractivity contribution is 0.0464. The summed E-state index contributed by atoms with van der Waals surface area (Å²) in [4.78, 5) is 13.3. The molecule has 0 radical (unpaired) electrons. The summed E-state index contributed by atoms with van der Waals surface area (Å²) in [6.07, 6.45) is 1.21. The number of methoxy groups -OCH3 is 1.